The topological polar surface area (TPSA) is 52.1 Å². The van der Waals surface area contributed by atoms with Crippen molar-refractivity contribution in [3.8, 4) is 5.88 Å². The molecule has 0 atom stereocenters. The van der Waals surface area contributed by atoms with Crippen molar-refractivity contribution in [2.45, 2.75) is 19.8 Å². The second-order valence-corrected chi connectivity index (χ2v) is 4.16. The highest BCUT2D eigenvalue weighted by Gasteiger charge is 2.08. The first kappa shape index (κ1) is 13.2. The predicted octanol–water partition coefficient (Wildman–Crippen LogP) is 2.69. The van der Waals surface area contributed by atoms with Crippen LogP contribution in [0.1, 0.15) is 29.4 Å². The van der Waals surface area contributed by atoms with E-state index in [2.05, 4.69) is 9.97 Å². The molecule has 0 saturated carbocycles. The highest BCUT2D eigenvalue weighted by Crippen LogP contribution is 2.09. The Morgan fingerprint density at radius 1 is 1.21 bits per heavy atom. The monoisotopic (exact) mass is 256 g/mol. The number of rotatable bonds is 6. The van der Waals surface area contributed by atoms with Gasteiger partial charge in [-0.15, -0.1) is 0 Å². The lowest BCUT2D eigenvalue weighted by Crippen LogP contribution is -2.07. The number of benzene rings is 1. The van der Waals surface area contributed by atoms with Gasteiger partial charge < -0.3 is 4.74 Å². The summed E-state index contributed by atoms with van der Waals surface area (Å²) >= 11 is 0. The minimum Gasteiger partial charge on any atom is -0.477 e. The first-order valence-electron chi connectivity index (χ1n) is 6.31. The van der Waals surface area contributed by atoms with Gasteiger partial charge in [0.1, 0.15) is 0 Å². The second-order valence-electron chi connectivity index (χ2n) is 4.16. The molecule has 2 aromatic rings. The maximum absolute atomic E-state index is 12.0. The lowest BCUT2D eigenvalue weighted by molar-refractivity contribution is 0.0991. The average Bonchev–Trinajstić information content (AvgIpc) is 2.46. The van der Waals surface area contributed by atoms with Crippen molar-refractivity contribution in [2.24, 2.45) is 0 Å². The van der Waals surface area contributed by atoms with E-state index in [4.69, 9.17) is 4.74 Å². The highest BCUT2D eigenvalue weighted by molar-refractivity contribution is 5.97. The second kappa shape index (κ2) is 6.64. The summed E-state index contributed by atoms with van der Waals surface area (Å²) in [5.41, 5.74) is 1.31. The van der Waals surface area contributed by atoms with E-state index in [1.807, 2.05) is 25.1 Å². The first-order valence-corrected chi connectivity index (χ1v) is 6.31. The molecule has 0 aliphatic carbocycles. The Morgan fingerprint density at radius 3 is 2.74 bits per heavy atom. The number of ether oxygens (including phenoxy) is 1. The summed E-state index contributed by atoms with van der Waals surface area (Å²) in [6, 6.07) is 9.18. The summed E-state index contributed by atoms with van der Waals surface area (Å²) in [6.45, 7) is 2.63. The Morgan fingerprint density at radius 2 is 2.00 bits per heavy atom. The summed E-state index contributed by atoms with van der Waals surface area (Å²) < 4.78 is 5.40. The molecule has 19 heavy (non-hydrogen) atoms. The molecule has 2 rings (SSSR count). The molecule has 98 valence electrons. The van der Waals surface area contributed by atoms with Crippen molar-refractivity contribution in [3.05, 3.63) is 54.0 Å². The Hall–Kier alpha value is -2.23. The third kappa shape index (κ3) is 3.88. The summed E-state index contributed by atoms with van der Waals surface area (Å²) in [6.07, 6.45) is 4.31. The van der Waals surface area contributed by atoms with Crippen molar-refractivity contribution in [3.63, 3.8) is 0 Å². The number of aromatic nitrogens is 2. The van der Waals surface area contributed by atoms with E-state index in [0.29, 0.717) is 23.7 Å². The maximum Gasteiger partial charge on any atom is 0.232 e. The Kier molecular flexibility index (Phi) is 4.61. The van der Waals surface area contributed by atoms with Crippen LogP contribution in [0.4, 0.5) is 0 Å². The van der Waals surface area contributed by atoms with Crippen LogP contribution in [-0.2, 0) is 6.42 Å². The van der Waals surface area contributed by atoms with Crippen LogP contribution in [0.15, 0.2) is 42.7 Å². The summed E-state index contributed by atoms with van der Waals surface area (Å²) in [7, 11) is 0. The molecule has 4 nitrogen and oxygen atoms in total. The summed E-state index contributed by atoms with van der Waals surface area (Å²) in [5, 5.41) is 0. The third-order valence-corrected chi connectivity index (χ3v) is 2.55. The highest BCUT2D eigenvalue weighted by atomic mass is 16.5. The molecule has 1 aromatic heterocycles. The van der Waals surface area contributed by atoms with Gasteiger partial charge in [-0.3, -0.25) is 9.78 Å². The van der Waals surface area contributed by atoms with Crippen molar-refractivity contribution < 1.29 is 9.53 Å². The third-order valence-electron chi connectivity index (χ3n) is 2.55. The van der Waals surface area contributed by atoms with Gasteiger partial charge in [-0.1, -0.05) is 37.3 Å². The molecule has 0 unspecified atom stereocenters. The lowest BCUT2D eigenvalue weighted by atomic mass is 10.1. The number of carbonyl (C=O) groups is 1. The molecule has 0 radical (unpaired) electrons. The zero-order chi connectivity index (χ0) is 13.5. The number of carbonyl (C=O) groups excluding carboxylic acids is 1. The molecular weight excluding hydrogens is 240 g/mol. The molecule has 0 bridgehead atoms. The van der Waals surface area contributed by atoms with Crippen LogP contribution < -0.4 is 4.74 Å². The molecule has 4 heteroatoms. The smallest absolute Gasteiger partial charge is 0.232 e. The number of nitrogens with zero attached hydrogens (tertiary/aromatic N) is 2. The average molecular weight is 256 g/mol. The van der Waals surface area contributed by atoms with E-state index in [-0.39, 0.29) is 12.2 Å². The number of ketones is 1. The van der Waals surface area contributed by atoms with Crippen molar-refractivity contribution >= 4 is 5.78 Å². The molecule has 0 spiro atoms. The quantitative estimate of drug-likeness (QED) is 0.746. The largest absolute Gasteiger partial charge is 0.477 e. The van der Waals surface area contributed by atoms with E-state index in [1.54, 1.807) is 24.5 Å². The Bertz CT molecular complexity index is 541. The van der Waals surface area contributed by atoms with Crippen LogP contribution in [-0.4, -0.2) is 22.4 Å². The molecule has 0 saturated heterocycles. The van der Waals surface area contributed by atoms with Crippen LogP contribution in [0.2, 0.25) is 0 Å². The Balaban J connectivity index is 2.05. The molecular formula is C15H16N2O2. The zero-order valence-electron chi connectivity index (χ0n) is 10.9. The molecule has 0 aliphatic heterocycles. The minimum atomic E-state index is 0.0301. The van der Waals surface area contributed by atoms with Crippen molar-refractivity contribution in [1.29, 1.82) is 0 Å². The summed E-state index contributed by atoms with van der Waals surface area (Å²) in [4.78, 5) is 20.3. The van der Waals surface area contributed by atoms with E-state index >= 15 is 0 Å². The van der Waals surface area contributed by atoms with Gasteiger partial charge in [0.25, 0.3) is 0 Å². The maximum atomic E-state index is 12.0. The Labute approximate surface area is 112 Å². The van der Waals surface area contributed by atoms with Crippen LogP contribution >= 0.6 is 0 Å². The van der Waals surface area contributed by atoms with E-state index in [1.165, 1.54) is 0 Å². The molecule has 0 amide bonds. The minimum absolute atomic E-state index is 0.0301. The van der Waals surface area contributed by atoms with E-state index in [9.17, 15) is 4.79 Å². The van der Waals surface area contributed by atoms with Gasteiger partial charge in [-0.2, -0.15) is 0 Å². The van der Waals surface area contributed by atoms with Crippen LogP contribution in [0.3, 0.4) is 0 Å². The van der Waals surface area contributed by atoms with Gasteiger partial charge in [0, 0.05) is 11.8 Å². The van der Waals surface area contributed by atoms with Gasteiger partial charge in [0.15, 0.2) is 5.78 Å². The number of hydrogen-bond donors (Lipinski definition) is 0. The van der Waals surface area contributed by atoms with E-state index < -0.39 is 0 Å². The van der Waals surface area contributed by atoms with Crippen LogP contribution in [0.25, 0.3) is 0 Å². The normalized spacial score (nSPS) is 10.2. The van der Waals surface area contributed by atoms with Crippen LogP contribution in [0, 0.1) is 0 Å². The van der Waals surface area contributed by atoms with Gasteiger partial charge in [0.2, 0.25) is 5.88 Å². The first-order chi connectivity index (χ1) is 9.29. The SMILES string of the molecule is CCCOc1cncc(CC(=O)c2ccccc2)n1. The molecule has 1 heterocycles. The number of Topliss-reactive ketones (excluding diaryl/α,β-unsaturated/α-hetero) is 1. The van der Waals surface area contributed by atoms with Gasteiger partial charge in [0.05, 0.1) is 24.9 Å². The molecule has 1 aromatic carbocycles. The predicted molar refractivity (Wildman–Crippen MR) is 72.3 cm³/mol. The van der Waals surface area contributed by atoms with Gasteiger partial charge in [-0.05, 0) is 6.42 Å². The fourth-order valence-corrected chi connectivity index (χ4v) is 1.64. The van der Waals surface area contributed by atoms with Crippen molar-refractivity contribution in [2.75, 3.05) is 6.61 Å². The van der Waals surface area contributed by atoms with Gasteiger partial charge in [-0.25, -0.2) is 4.98 Å². The van der Waals surface area contributed by atoms with E-state index in [0.717, 1.165) is 6.42 Å². The summed E-state index contributed by atoms with van der Waals surface area (Å²) in [5.74, 6) is 0.503. The molecule has 0 N–H and O–H groups in total. The molecule has 0 fully saturated rings. The fraction of sp³-hybridized carbons (Fsp3) is 0.267. The van der Waals surface area contributed by atoms with Crippen molar-refractivity contribution in [1.82, 2.24) is 9.97 Å². The number of hydrogen-bond acceptors (Lipinski definition) is 4. The molecule has 0 aliphatic rings. The fourth-order valence-electron chi connectivity index (χ4n) is 1.64. The van der Waals surface area contributed by atoms with Gasteiger partial charge >= 0.3 is 0 Å². The lowest BCUT2D eigenvalue weighted by Gasteiger charge is -2.05. The van der Waals surface area contributed by atoms with Crippen LogP contribution in [0.5, 0.6) is 5.88 Å². The standard InChI is InChI=1S/C15H16N2O2/c1-2-8-19-15-11-16-10-13(17-15)9-14(18)12-6-4-3-5-7-12/h3-7,10-11H,2,8-9H2,1H3. The zero-order valence-corrected chi connectivity index (χ0v) is 10.9.